The number of hydrogen-bond donors (Lipinski definition) is 2. The zero-order chi connectivity index (χ0) is 18.1. The minimum absolute atomic E-state index is 0.148. The molecule has 0 bridgehead atoms. The molecule has 0 heterocycles. The molecule has 1 aliphatic rings. The van der Waals surface area contributed by atoms with Crippen molar-refractivity contribution in [2.45, 2.75) is 44.4 Å². The number of guanidine groups is 1. The fourth-order valence-corrected chi connectivity index (χ4v) is 3.54. The van der Waals surface area contributed by atoms with E-state index >= 15 is 0 Å². The summed E-state index contributed by atoms with van der Waals surface area (Å²) in [6.07, 6.45) is 4.56. The van der Waals surface area contributed by atoms with Crippen LogP contribution in [0.25, 0.3) is 0 Å². The maximum Gasteiger partial charge on any atom is 0.305 e. The minimum atomic E-state index is -0.148. The molecule has 0 unspecified atom stereocenters. The van der Waals surface area contributed by atoms with Crippen molar-refractivity contribution >= 4 is 27.9 Å². The predicted octanol–water partition coefficient (Wildman–Crippen LogP) is 3.38. The van der Waals surface area contributed by atoms with Crippen molar-refractivity contribution in [3.8, 4) is 0 Å². The lowest BCUT2D eigenvalue weighted by atomic mass is 9.96. The van der Waals surface area contributed by atoms with Crippen LogP contribution in [-0.2, 0) is 14.9 Å². The Hall–Kier alpha value is -1.56. The van der Waals surface area contributed by atoms with Crippen molar-refractivity contribution in [1.29, 1.82) is 0 Å². The summed E-state index contributed by atoms with van der Waals surface area (Å²) in [4.78, 5) is 15.9. The van der Waals surface area contributed by atoms with Gasteiger partial charge in [-0.15, -0.1) is 0 Å². The van der Waals surface area contributed by atoms with Crippen LogP contribution in [-0.4, -0.2) is 38.7 Å². The van der Waals surface area contributed by atoms with E-state index in [1.165, 1.54) is 30.0 Å². The Morgan fingerprint density at radius 2 is 2.04 bits per heavy atom. The van der Waals surface area contributed by atoms with Crippen LogP contribution in [0.3, 0.4) is 0 Å². The van der Waals surface area contributed by atoms with E-state index in [2.05, 4.69) is 56.4 Å². The van der Waals surface area contributed by atoms with Crippen LogP contribution in [0.2, 0.25) is 0 Å². The summed E-state index contributed by atoms with van der Waals surface area (Å²) < 4.78 is 5.82. The Balaban J connectivity index is 1.85. The third-order valence-corrected chi connectivity index (χ3v) is 5.20. The second kappa shape index (κ2) is 9.80. The molecule has 6 heteroatoms. The molecule has 1 aromatic rings. The van der Waals surface area contributed by atoms with Gasteiger partial charge in [-0.1, -0.05) is 34.1 Å². The van der Waals surface area contributed by atoms with E-state index in [1.807, 2.05) is 6.07 Å². The average Bonchev–Trinajstić information content (AvgIpc) is 3.40. The number of ether oxygens (including phenoxy) is 1. The molecule has 138 valence electrons. The van der Waals surface area contributed by atoms with Gasteiger partial charge in [0.15, 0.2) is 5.96 Å². The topological polar surface area (TPSA) is 62.7 Å². The largest absolute Gasteiger partial charge is 0.469 e. The number of methoxy groups -OCH3 is 1. The van der Waals surface area contributed by atoms with Crippen LogP contribution in [0.4, 0.5) is 0 Å². The van der Waals surface area contributed by atoms with Crippen LogP contribution in [0.1, 0.15) is 44.6 Å². The lowest BCUT2D eigenvalue weighted by Gasteiger charge is -2.17. The molecule has 1 saturated carbocycles. The van der Waals surface area contributed by atoms with Gasteiger partial charge in [-0.25, -0.2) is 0 Å². The number of aliphatic imine (C=N–C) groups is 1. The van der Waals surface area contributed by atoms with Gasteiger partial charge in [-0.3, -0.25) is 9.79 Å². The molecule has 0 aliphatic heterocycles. The standard InChI is InChI=1S/C19H28BrN3O2/c1-3-21-18(22-13-7-6-10-17(24)25-2)23-14-19(11-12-19)15-8-4-5-9-16(15)20/h4-5,8-9H,3,6-7,10-14H2,1-2H3,(H2,21,22,23). The number of hydrogen-bond acceptors (Lipinski definition) is 3. The van der Waals surface area contributed by atoms with Crippen molar-refractivity contribution in [2.24, 2.45) is 4.99 Å². The Labute approximate surface area is 158 Å². The van der Waals surface area contributed by atoms with E-state index in [0.29, 0.717) is 6.42 Å². The van der Waals surface area contributed by atoms with E-state index in [1.54, 1.807) is 0 Å². The van der Waals surface area contributed by atoms with Crippen LogP contribution in [0.15, 0.2) is 33.7 Å². The molecule has 25 heavy (non-hydrogen) atoms. The number of rotatable bonds is 9. The number of unbranched alkanes of at least 4 members (excludes halogenated alkanes) is 1. The molecule has 0 spiro atoms. The van der Waals surface area contributed by atoms with Crippen LogP contribution < -0.4 is 10.6 Å². The van der Waals surface area contributed by atoms with Crippen molar-refractivity contribution < 1.29 is 9.53 Å². The summed E-state index contributed by atoms with van der Waals surface area (Å²) in [5.41, 5.74) is 1.53. The summed E-state index contributed by atoms with van der Waals surface area (Å²) in [6.45, 7) is 4.48. The normalized spacial score (nSPS) is 15.6. The monoisotopic (exact) mass is 409 g/mol. The van der Waals surface area contributed by atoms with Crippen molar-refractivity contribution in [1.82, 2.24) is 10.6 Å². The first-order valence-electron chi connectivity index (χ1n) is 8.95. The maximum atomic E-state index is 11.1. The van der Waals surface area contributed by atoms with Crippen molar-refractivity contribution in [3.05, 3.63) is 34.3 Å². The van der Waals surface area contributed by atoms with Gasteiger partial charge in [0.25, 0.3) is 0 Å². The van der Waals surface area contributed by atoms with Crippen molar-refractivity contribution in [3.63, 3.8) is 0 Å². The molecular formula is C19H28BrN3O2. The summed E-state index contributed by atoms with van der Waals surface area (Å²) >= 11 is 3.67. The summed E-state index contributed by atoms with van der Waals surface area (Å²) in [5, 5.41) is 6.65. The Kier molecular flexibility index (Phi) is 7.75. The highest BCUT2D eigenvalue weighted by Crippen LogP contribution is 2.50. The molecule has 0 aromatic heterocycles. The third-order valence-electron chi connectivity index (χ3n) is 4.51. The second-order valence-electron chi connectivity index (χ2n) is 6.42. The van der Waals surface area contributed by atoms with Gasteiger partial charge in [-0.2, -0.15) is 0 Å². The highest BCUT2D eigenvalue weighted by Gasteiger charge is 2.45. The average molecular weight is 410 g/mol. The molecule has 2 rings (SSSR count). The molecule has 0 radical (unpaired) electrons. The van der Waals surface area contributed by atoms with E-state index in [-0.39, 0.29) is 11.4 Å². The van der Waals surface area contributed by atoms with E-state index in [0.717, 1.165) is 38.4 Å². The number of halogens is 1. The number of carbonyl (C=O) groups is 1. The van der Waals surface area contributed by atoms with E-state index in [9.17, 15) is 4.79 Å². The Morgan fingerprint density at radius 3 is 2.68 bits per heavy atom. The fourth-order valence-electron chi connectivity index (χ4n) is 2.83. The van der Waals surface area contributed by atoms with Gasteiger partial charge < -0.3 is 15.4 Å². The molecule has 0 atom stereocenters. The lowest BCUT2D eigenvalue weighted by Crippen LogP contribution is -2.38. The van der Waals surface area contributed by atoms with Gasteiger partial charge in [-0.05, 0) is 44.2 Å². The third kappa shape index (κ3) is 6.03. The molecule has 1 aromatic carbocycles. The molecule has 5 nitrogen and oxygen atoms in total. The SMILES string of the molecule is CCNC(=NCC1(c2ccccc2Br)CC1)NCCCCC(=O)OC. The van der Waals surface area contributed by atoms with Gasteiger partial charge >= 0.3 is 5.97 Å². The number of benzene rings is 1. The summed E-state index contributed by atoms with van der Waals surface area (Å²) in [5.74, 6) is 0.698. The van der Waals surface area contributed by atoms with E-state index in [4.69, 9.17) is 4.99 Å². The number of nitrogens with one attached hydrogen (secondary N) is 2. The zero-order valence-electron chi connectivity index (χ0n) is 15.1. The quantitative estimate of drug-likeness (QED) is 0.284. The molecule has 0 saturated heterocycles. The van der Waals surface area contributed by atoms with Gasteiger partial charge in [0.1, 0.15) is 0 Å². The van der Waals surface area contributed by atoms with Crippen LogP contribution in [0, 0.1) is 0 Å². The van der Waals surface area contributed by atoms with E-state index < -0.39 is 0 Å². The molecule has 2 N–H and O–H groups in total. The highest BCUT2D eigenvalue weighted by atomic mass is 79.9. The Bertz CT molecular complexity index is 600. The second-order valence-corrected chi connectivity index (χ2v) is 7.27. The maximum absolute atomic E-state index is 11.1. The lowest BCUT2D eigenvalue weighted by molar-refractivity contribution is -0.140. The minimum Gasteiger partial charge on any atom is -0.469 e. The highest BCUT2D eigenvalue weighted by molar-refractivity contribution is 9.10. The number of esters is 1. The zero-order valence-corrected chi connectivity index (χ0v) is 16.7. The fraction of sp³-hybridized carbons (Fsp3) is 0.579. The van der Waals surface area contributed by atoms with Gasteiger partial charge in [0, 0.05) is 29.4 Å². The molecule has 1 aliphatic carbocycles. The van der Waals surface area contributed by atoms with Crippen LogP contribution in [0.5, 0.6) is 0 Å². The molecular weight excluding hydrogens is 382 g/mol. The summed E-state index contributed by atoms with van der Waals surface area (Å²) in [7, 11) is 1.43. The van der Waals surface area contributed by atoms with Crippen molar-refractivity contribution in [2.75, 3.05) is 26.7 Å². The first-order chi connectivity index (χ1) is 12.1. The van der Waals surface area contributed by atoms with Gasteiger partial charge in [0.2, 0.25) is 0 Å². The first kappa shape index (κ1) is 19.8. The molecule has 0 amide bonds. The summed E-state index contributed by atoms with van der Waals surface area (Å²) in [6, 6.07) is 8.44. The first-order valence-corrected chi connectivity index (χ1v) is 9.74. The van der Waals surface area contributed by atoms with Gasteiger partial charge in [0.05, 0.1) is 13.7 Å². The number of carbonyl (C=O) groups excluding carboxylic acids is 1. The van der Waals surface area contributed by atoms with Crippen LogP contribution >= 0.6 is 15.9 Å². The smallest absolute Gasteiger partial charge is 0.305 e. The number of nitrogens with zero attached hydrogens (tertiary/aromatic N) is 1. The molecule has 1 fully saturated rings. The predicted molar refractivity (Wildman–Crippen MR) is 105 cm³/mol. The Morgan fingerprint density at radius 1 is 1.28 bits per heavy atom.